The molecule has 0 spiro atoms. The van der Waals surface area contributed by atoms with Crippen LogP contribution in [0.2, 0.25) is 15.2 Å². The SMILES string of the molecule is Cc1nn(C)c(Cl)c1COC(=O)c1cc(N)cc(Cl)c1Cl. The van der Waals surface area contributed by atoms with E-state index in [-0.39, 0.29) is 22.2 Å². The van der Waals surface area contributed by atoms with Gasteiger partial charge in [-0.3, -0.25) is 4.68 Å². The first kappa shape index (κ1) is 15.9. The molecule has 2 rings (SSSR count). The lowest BCUT2D eigenvalue weighted by Crippen LogP contribution is -2.07. The van der Waals surface area contributed by atoms with Crippen molar-refractivity contribution in [1.29, 1.82) is 0 Å². The summed E-state index contributed by atoms with van der Waals surface area (Å²) in [5, 5.41) is 4.84. The van der Waals surface area contributed by atoms with E-state index in [9.17, 15) is 4.79 Å². The summed E-state index contributed by atoms with van der Waals surface area (Å²) < 4.78 is 6.71. The minimum absolute atomic E-state index is 0.0138. The van der Waals surface area contributed by atoms with Gasteiger partial charge in [-0.25, -0.2) is 4.79 Å². The zero-order valence-electron chi connectivity index (χ0n) is 11.3. The number of nitrogens with two attached hydrogens (primary N) is 1. The smallest absolute Gasteiger partial charge is 0.340 e. The molecular weight excluding hydrogens is 337 g/mol. The average molecular weight is 349 g/mol. The summed E-state index contributed by atoms with van der Waals surface area (Å²) in [5.74, 6) is -0.631. The number of carbonyl (C=O) groups excluding carboxylic acids is 1. The number of carbonyl (C=O) groups is 1. The van der Waals surface area contributed by atoms with Crippen molar-refractivity contribution in [3.8, 4) is 0 Å². The molecule has 0 aliphatic carbocycles. The summed E-state index contributed by atoms with van der Waals surface area (Å²) in [4.78, 5) is 12.1. The van der Waals surface area contributed by atoms with E-state index in [1.165, 1.54) is 16.8 Å². The summed E-state index contributed by atoms with van der Waals surface area (Å²) in [7, 11) is 1.70. The number of nitrogen functional groups attached to an aromatic ring is 1. The molecule has 1 heterocycles. The number of aryl methyl sites for hydroxylation is 2. The molecule has 0 fully saturated rings. The molecule has 0 amide bonds. The quantitative estimate of drug-likeness (QED) is 0.679. The van der Waals surface area contributed by atoms with Crippen LogP contribution in [0, 0.1) is 6.92 Å². The largest absolute Gasteiger partial charge is 0.457 e. The fourth-order valence-electron chi connectivity index (χ4n) is 1.81. The first-order valence-corrected chi connectivity index (χ1v) is 7.04. The lowest BCUT2D eigenvalue weighted by atomic mass is 10.2. The maximum Gasteiger partial charge on any atom is 0.340 e. The van der Waals surface area contributed by atoms with E-state index in [4.69, 9.17) is 45.3 Å². The molecule has 21 heavy (non-hydrogen) atoms. The average Bonchev–Trinajstić information content (AvgIpc) is 2.65. The maximum atomic E-state index is 12.1. The van der Waals surface area contributed by atoms with Gasteiger partial charge in [-0.05, 0) is 19.1 Å². The van der Waals surface area contributed by atoms with Crippen molar-refractivity contribution >= 4 is 46.5 Å². The third-order valence-electron chi connectivity index (χ3n) is 2.89. The number of rotatable bonds is 3. The van der Waals surface area contributed by atoms with E-state index in [2.05, 4.69) is 5.10 Å². The lowest BCUT2D eigenvalue weighted by Gasteiger charge is -2.08. The monoisotopic (exact) mass is 347 g/mol. The first-order valence-electron chi connectivity index (χ1n) is 5.91. The second-order valence-electron chi connectivity index (χ2n) is 4.42. The Balaban J connectivity index is 2.19. The van der Waals surface area contributed by atoms with Gasteiger partial charge in [0.2, 0.25) is 0 Å². The highest BCUT2D eigenvalue weighted by Crippen LogP contribution is 2.29. The van der Waals surface area contributed by atoms with Crippen molar-refractivity contribution in [2.24, 2.45) is 7.05 Å². The summed E-state index contributed by atoms with van der Waals surface area (Å²) >= 11 is 17.9. The van der Waals surface area contributed by atoms with Crippen LogP contribution in [0.5, 0.6) is 0 Å². The van der Waals surface area contributed by atoms with Crippen LogP contribution >= 0.6 is 34.8 Å². The number of hydrogen-bond donors (Lipinski definition) is 1. The fourth-order valence-corrected chi connectivity index (χ4v) is 2.46. The Morgan fingerprint density at radius 3 is 2.62 bits per heavy atom. The van der Waals surface area contributed by atoms with Gasteiger partial charge in [0.15, 0.2) is 0 Å². The highest BCUT2D eigenvalue weighted by molar-refractivity contribution is 6.44. The number of halogens is 3. The molecule has 2 aromatic rings. The van der Waals surface area contributed by atoms with Crippen molar-refractivity contribution in [3.63, 3.8) is 0 Å². The van der Waals surface area contributed by atoms with E-state index in [1.54, 1.807) is 14.0 Å². The van der Waals surface area contributed by atoms with Crippen LogP contribution in [0.4, 0.5) is 5.69 Å². The number of esters is 1. The molecule has 0 aliphatic rings. The minimum Gasteiger partial charge on any atom is -0.457 e. The number of hydrogen-bond acceptors (Lipinski definition) is 4. The Hall–Kier alpha value is -1.43. The molecular formula is C13H12Cl3N3O2. The molecule has 0 unspecified atom stereocenters. The Kier molecular flexibility index (Phi) is 4.66. The van der Waals surface area contributed by atoms with Crippen molar-refractivity contribution in [2.45, 2.75) is 13.5 Å². The molecule has 1 aromatic carbocycles. The minimum atomic E-state index is -0.631. The molecule has 0 atom stereocenters. The van der Waals surface area contributed by atoms with Gasteiger partial charge in [-0.15, -0.1) is 0 Å². The van der Waals surface area contributed by atoms with E-state index >= 15 is 0 Å². The van der Waals surface area contributed by atoms with Crippen LogP contribution in [-0.4, -0.2) is 15.7 Å². The van der Waals surface area contributed by atoms with Crippen molar-refractivity contribution in [2.75, 3.05) is 5.73 Å². The molecule has 0 radical (unpaired) electrons. The van der Waals surface area contributed by atoms with Crippen LogP contribution in [-0.2, 0) is 18.4 Å². The van der Waals surface area contributed by atoms with E-state index in [0.717, 1.165) is 0 Å². The van der Waals surface area contributed by atoms with Crippen LogP contribution < -0.4 is 5.73 Å². The van der Waals surface area contributed by atoms with E-state index in [0.29, 0.717) is 22.1 Å². The molecule has 1 aromatic heterocycles. The van der Waals surface area contributed by atoms with Crippen LogP contribution in [0.3, 0.4) is 0 Å². The molecule has 5 nitrogen and oxygen atoms in total. The summed E-state index contributed by atoms with van der Waals surface area (Å²) in [6.07, 6.45) is 0. The zero-order chi connectivity index (χ0) is 15.7. The van der Waals surface area contributed by atoms with Gasteiger partial charge >= 0.3 is 5.97 Å². The van der Waals surface area contributed by atoms with Crippen LogP contribution in [0.25, 0.3) is 0 Å². The maximum absolute atomic E-state index is 12.1. The molecule has 0 saturated carbocycles. The van der Waals surface area contributed by atoms with Gasteiger partial charge in [-0.2, -0.15) is 5.10 Å². The van der Waals surface area contributed by atoms with Crippen molar-refractivity contribution in [3.05, 3.63) is 44.2 Å². The number of benzene rings is 1. The van der Waals surface area contributed by atoms with E-state index < -0.39 is 5.97 Å². The van der Waals surface area contributed by atoms with Crippen LogP contribution in [0.1, 0.15) is 21.6 Å². The highest BCUT2D eigenvalue weighted by atomic mass is 35.5. The van der Waals surface area contributed by atoms with Gasteiger partial charge in [0, 0.05) is 18.3 Å². The Morgan fingerprint density at radius 2 is 2.05 bits per heavy atom. The second-order valence-corrected chi connectivity index (χ2v) is 5.56. The van der Waals surface area contributed by atoms with Crippen molar-refractivity contribution in [1.82, 2.24) is 9.78 Å². The third kappa shape index (κ3) is 3.26. The Labute approximate surface area is 136 Å². The number of ether oxygens (including phenoxy) is 1. The number of nitrogens with zero attached hydrogens (tertiary/aromatic N) is 2. The second kappa shape index (κ2) is 6.13. The predicted molar refractivity (Wildman–Crippen MR) is 82.9 cm³/mol. The normalized spacial score (nSPS) is 10.7. The molecule has 8 heteroatoms. The van der Waals surface area contributed by atoms with Gasteiger partial charge in [0.1, 0.15) is 11.8 Å². The van der Waals surface area contributed by atoms with Gasteiger partial charge in [0.05, 0.1) is 21.3 Å². The fraction of sp³-hybridized carbons (Fsp3) is 0.231. The number of aromatic nitrogens is 2. The van der Waals surface area contributed by atoms with Crippen molar-refractivity contribution < 1.29 is 9.53 Å². The molecule has 0 bridgehead atoms. The molecule has 112 valence electrons. The Bertz CT molecular complexity index is 713. The van der Waals surface area contributed by atoms with Gasteiger partial charge in [0.25, 0.3) is 0 Å². The topological polar surface area (TPSA) is 70.1 Å². The van der Waals surface area contributed by atoms with Crippen LogP contribution in [0.15, 0.2) is 12.1 Å². The lowest BCUT2D eigenvalue weighted by molar-refractivity contribution is 0.0472. The third-order valence-corrected chi connectivity index (χ3v) is 4.16. The zero-order valence-corrected chi connectivity index (χ0v) is 13.6. The first-order chi connectivity index (χ1) is 9.81. The Morgan fingerprint density at radius 1 is 1.38 bits per heavy atom. The predicted octanol–water partition coefficient (Wildman–Crippen LogP) is 3.63. The van der Waals surface area contributed by atoms with E-state index in [1.807, 2.05) is 0 Å². The number of anilines is 1. The standard InChI is InChI=1S/C13H12Cl3N3O2/c1-6-9(12(16)19(2)18-6)5-21-13(20)8-3-7(17)4-10(14)11(8)15/h3-4H,5,17H2,1-2H3. The molecule has 0 saturated heterocycles. The van der Waals surface area contributed by atoms with Gasteiger partial charge < -0.3 is 10.5 Å². The summed E-state index contributed by atoms with van der Waals surface area (Å²) in [6, 6.07) is 2.87. The molecule has 0 aliphatic heterocycles. The summed E-state index contributed by atoms with van der Waals surface area (Å²) in [6.45, 7) is 1.76. The molecule has 2 N–H and O–H groups in total. The highest BCUT2D eigenvalue weighted by Gasteiger charge is 2.18. The van der Waals surface area contributed by atoms with Gasteiger partial charge in [-0.1, -0.05) is 34.8 Å². The summed E-state index contributed by atoms with van der Waals surface area (Å²) in [5.41, 5.74) is 7.40.